The minimum absolute atomic E-state index is 0.0446. The third-order valence-corrected chi connectivity index (χ3v) is 4.67. The monoisotopic (exact) mass is 327 g/mol. The smallest absolute Gasteiger partial charge is 0.254 e. The quantitative estimate of drug-likeness (QED) is 0.883. The molecule has 1 aliphatic rings. The molecule has 0 aromatic carbocycles. The maximum atomic E-state index is 12.4. The third kappa shape index (κ3) is 3.64. The number of hydrogen-bond acceptors (Lipinski definition) is 4. The van der Waals surface area contributed by atoms with Gasteiger partial charge in [0.15, 0.2) is 0 Å². The van der Waals surface area contributed by atoms with Gasteiger partial charge < -0.3 is 5.32 Å². The molecule has 0 bridgehead atoms. The fraction of sp³-hybridized carbons (Fsp3) is 0.500. The Morgan fingerprint density at radius 1 is 1.42 bits per heavy atom. The zero-order chi connectivity index (χ0) is 16.9. The first kappa shape index (κ1) is 16.6. The van der Waals surface area contributed by atoms with E-state index in [0.717, 1.165) is 25.9 Å². The molecule has 1 amide bonds. The van der Waals surface area contributed by atoms with E-state index in [4.69, 9.17) is 0 Å². The van der Waals surface area contributed by atoms with Crippen molar-refractivity contribution in [2.45, 2.75) is 32.4 Å². The van der Waals surface area contributed by atoms with Gasteiger partial charge in [0.25, 0.3) is 5.91 Å². The van der Waals surface area contributed by atoms with Gasteiger partial charge in [-0.25, -0.2) is 0 Å². The third-order valence-electron chi connectivity index (χ3n) is 4.67. The average molecular weight is 327 g/mol. The summed E-state index contributed by atoms with van der Waals surface area (Å²) in [5.41, 5.74) is 1.85. The van der Waals surface area contributed by atoms with E-state index < -0.39 is 0 Å². The maximum absolute atomic E-state index is 12.4. The molecule has 0 saturated carbocycles. The molecule has 6 heteroatoms. The van der Waals surface area contributed by atoms with E-state index in [0.29, 0.717) is 24.1 Å². The van der Waals surface area contributed by atoms with Crippen LogP contribution < -0.4 is 5.32 Å². The van der Waals surface area contributed by atoms with Crippen molar-refractivity contribution >= 4 is 5.91 Å². The molecule has 0 spiro atoms. The second-order valence-corrected chi connectivity index (χ2v) is 6.46. The van der Waals surface area contributed by atoms with E-state index in [1.165, 1.54) is 5.56 Å². The Bertz CT molecular complexity index is 669. The topological polar surface area (TPSA) is 63.1 Å². The molecule has 3 heterocycles. The number of aromatic nitrogens is 3. The van der Waals surface area contributed by atoms with Crippen LogP contribution in [0.15, 0.2) is 36.9 Å². The molecule has 1 fully saturated rings. The number of hydrogen-bond donors (Lipinski definition) is 1. The Morgan fingerprint density at radius 2 is 2.29 bits per heavy atom. The number of aryl methyl sites for hydroxylation is 1. The zero-order valence-electron chi connectivity index (χ0n) is 14.4. The molecule has 3 rings (SSSR count). The molecule has 2 aromatic heterocycles. The van der Waals surface area contributed by atoms with Gasteiger partial charge in [-0.15, -0.1) is 0 Å². The summed E-state index contributed by atoms with van der Waals surface area (Å²) in [5, 5.41) is 7.30. The van der Waals surface area contributed by atoms with Crippen LogP contribution in [0.3, 0.4) is 0 Å². The average Bonchev–Trinajstić information content (AvgIpc) is 3.21. The standard InChI is InChI=1S/C18H25N5O/c1-3-8-23-13-16(12-21-23)18(24)20-11-15-6-9-22(2)17(15)14-5-4-7-19-10-14/h4-5,7,10,12-13,15,17H,3,6,8-9,11H2,1-2H3,(H,20,24)/t15-,17-/m0/s1. The van der Waals surface area contributed by atoms with Crippen molar-refractivity contribution in [1.82, 2.24) is 25.0 Å². The van der Waals surface area contributed by atoms with Crippen molar-refractivity contribution < 1.29 is 4.79 Å². The molecule has 24 heavy (non-hydrogen) atoms. The summed E-state index contributed by atoms with van der Waals surface area (Å²) in [6.45, 7) is 4.64. The highest BCUT2D eigenvalue weighted by Crippen LogP contribution is 2.35. The largest absolute Gasteiger partial charge is 0.352 e. The summed E-state index contributed by atoms with van der Waals surface area (Å²) in [6.07, 6.45) is 9.26. The van der Waals surface area contributed by atoms with Crippen molar-refractivity contribution in [3.63, 3.8) is 0 Å². The molecule has 1 aliphatic heterocycles. The van der Waals surface area contributed by atoms with E-state index in [2.05, 4.69) is 40.3 Å². The number of pyridine rings is 1. The van der Waals surface area contributed by atoms with Crippen molar-refractivity contribution in [1.29, 1.82) is 0 Å². The number of amides is 1. The summed E-state index contributed by atoms with van der Waals surface area (Å²) in [6, 6.07) is 4.39. The van der Waals surface area contributed by atoms with Gasteiger partial charge in [-0.2, -0.15) is 5.10 Å². The molecule has 1 saturated heterocycles. The predicted molar refractivity (Wildman–Crippen MR) is 92.6 cm³/mol. The maximum Gasteiger partial charge on any atom is 0.254 e. The number of likely N-dealkylation sites (tertiary alicyclic amines) is 1. The van der Waals surface area contributed by atoms with Gasteiger partial charge in [-0.05, 0) is 44.0 Å². The van der Waals surface area contributed by atoms with E-state index in [1.807, 2.05) is 23.1 Å². The summed E-state index contributed by atoms with van der Waals surface area (Å²) in [7, 11) is 2.13. The molecule has 0 aliphatic carbocycles. The minimum Gasteiger partial charge on any atom is -0.352 e. The molecule has 1 N–H and O–H groups in total. The Morgan fingerprint density at radius 3 is 3.04 bits per heavy atom. The van der Waals surface area contributed by atoms with Gasteiger partial charge in [0.05, 0.1) is 11.8 Å². The van der Waals surface area contributed by atoms with Crippen LogP contribution in [0.25, 0.3) is 0 Å². The van der Waals surface area contributed by atoms with Crippen LogP contribution in [-0.4, -0.2) is 45.7 Å². The van der Waals surface area contributed by atoms with Crippen LogP contribution in [0.4, 0.5) is 0 Å². The summed E-state index contributed by atoms with van der Waals surface area (Å²) >= 11 is 0. The number of rotatable bonds is 6. The summed E-state index contributed by atoms with van der Waals surface area (Å²) in [4.78, 5) is 18.9. The highest BCUT2D eigenvalue weighted by molar-refractivity contribution is 5.93. The lowest BCUT2D eigenvalue weighted by Crippen LogP contribution is -2.32. The van der Waals surface area contributed by atoms with Gasteiger partial charge in [-0.3, -0.25) is 19.4 Å². The molecule has 6 nitrogen and oxygen atoms in total. The fourth-order valence-electron chi connectivity index (χ4n) is 3.48. The zero-order valence-corrected chi connectivity index (χ0v) is 14.4. The first-order chi connectivity index (χ1) is 11.7. The SMILES string of the molecule is CCCn1cc(C(=O)NC[C@@H]2CCN(C)[C@H]2c2cccnc2)cn1. The lowest BCUT2D eigenvalue weighted by atomic mass is 9.94. The predicted octanol–water partition coefficient (Wildman–Crippen LogP) is 2.11. The van der Waals surface area contributed by atoms with E-state index in [9.17, 15) is 4.79 Å². The number of carbonyl (C=O) groups excluding carboxylic acids is 1. The van der Waals surface area contributed by atoms with Crippen LogP contribution >= 0.6 is 0 Å². The van der Waals surface area contributed by atoms with Gasteiger partial charge in [-0.1, -0.05) is 13.0 Å². The van der Waals surface area contributed by atoms with Gasteiger partial charge in [0.2, 0.25) is 0 Å². The lowest BCUT2D eigenvalue weighted by molar-refractivity contribution is 0.0943. The lowest BCUT2D eigenvalue weighted by Gasteiger charge is -2.25. The van der Waals surface area contributed by atoms with Gasteiger partial charge in [0.1, 0.15) is 0 Å². The first-order valence-corrected chi connectivity index (χ1v) is 8.60. The molecule has 2 aromatic rings. The van der Waals surface area contributed by atoms with Crippen LogP contribution in [0, 0.1) is 5.92 Å². The van der Waals surface area contributed by atoms with Gasteiger partial charge >= 0.3 is 0 Å². The molecule has 0 unspecified atom stereocenters. The second-order valence-electron chi connectivity index (χ2n) is 6.46. The summed E-state index contributed by atoms with van der Waals surface area (Å²) < 4.78 is 1.82. The fourth-order valence-corrected chi connectivity index (χ4v) is 3.48. The highest BCUT2D eigenvalue weighted by atomic mass is 16.1. The Kier molecular flexibility index (Phi) is 5.25. The summed E-state index contributed by atoms with van der Waals surface area (Å²) in [5.74, 6) is 0.352. The highest BCUT2D eigenvalue weighted by Gasteiger charge is 2.33. The Balaban J connectivity index is 1.61. The Hall–Kier alpha value is -2.21. The molecule has 0 radical (unpaired) electrons. The van der Waals surface area contributed by atoms with Crippen molar-refractivity contribution in [3.8, 4) is 0 Å². The Labute approximate surface area is 142 Å². The van der Waals surface area contributed by atoms with E-state index in [1.54, 1.807) is 12.4 Å². The normalized spacial score (nSPS) is 21.1. The number of nitrogens with one attached hydrogen (secondary N) is 1. The minimum atomic E-state index is -0.0446. The number of carbonyl (C=O) groups is 1. The molecule has 128 valence electrons. The van der Waals surface area contributed by atoms with Crippen LogP contribution in [0.2, 0.25) is 0 Å². The van der Waals surface area contributed by atoms with Crippen LogP contribution in [0.1, 0.15) is 41.7 Å². The molecular weight excluding hydrogens is 302 g/mol. The van der Waals surface area contributed by atoms with Crippen LogP contribution in [0.5, 0.6) is 0 Å². The van der Waals surface area contributed by atoms with Gasteiger partial charge in [0, 0.05) is 37.7 Å². The molecular formula is C18H25N5O. The van der Waals surface area contributed by atoms with E-state index in [-0.39, 0.29) is 5.91 Å². The first-order valence-electron chi connectivity index (χ1n) is 8.60. The van der Waals surface area contributed by atoms with E-state index >= 15 is 0 Å². The number of nitrogens with zero attached hydrogens (tertiary/aromatic N) is 4. The molecule has 2 atom stereocenters. The van der Waals surface area contributed by atoms with Crippen molar-refractivity contribution in [3.05, 3.63) is 48.0 Å². The van der Waals surface area contributed by atoms with Crippen molar-refractivity contribution in [2.24, 2.45) is 5.92 Å². The second kappa shape index (κ2) is 7.57. The van der Waals surface area contributed by atoms with Crippen molar-refractivity contribution in [2.75, 3.05) is 20.1 Å². The van der Waals surface area contributed by atoms with Crippen LogP contribution in [-0.2, 0) is 6.54 Å².